The van der Waals surface area contributed by atoms with E-state index in [2.05, 4.69) is 10.3 Å². The summed E-state index contributed by atoms with van der Waals surface area (Å²) in [6, 6.07) is 7.59. The van der Waals surface area contributed by atoms with Crippen molar-refractivity contribution in [3.05, 3.63) is 54.1 Å². The number of aromatic nitrogens is 2. The number of carbonyl (C=O) groups excluding carboxylic acids is 1. The number of hydrogen-bond donors (Lipinski definition) is 2. The second-order valence-corrected chi connectivity index (χ2v) is 4.65. The molecular weight excluding hydrogens is 252 g/mol. The maximum Gasteiger partial charge on any atom is 0.251 e. The molecule has 0 fully saturated rings. The Morgan fingerprint density at radius 3 is 2.75 bits per heavy atom. The molecule has 0 aliphatic rings. The van der Waals surface area contributed by atoms with E-state index in [4.69, 9.17) is 5.73 Å². The summed E-state index contributed by atoms with van der Waals surface area (Å²) in [4.78, 5) is 15.9. The molecule has 0 saturated carbocycles. The van der Waals surface area contributed by atoms with Crippen LogP contribution in [0.5, 0.6) is 0 Å². The molecule has 0 spiro atoms. The number of nitrogens with one attached hydrogen (secondary N) is 1. The molecule has 1 aromatic heterocycles. The zero-order valence-electron chi connectivity index (χ0n) is 11.5. The van der Waals surface area contributed by atoms with Gasteiger partial charge in [-0.05, 0) is 37.1 Å². The first kappa shape index (κ1) is 14.3. The Bertz CT molecular complexity index is 519. The number of imidazole rings is 1. The molecule has 3 N–H and O–H groups in total. The first-order valence-electron chi connectivity index (χ1n) is 6.82. The van der Waals surface area contributed by atoms with Crippen LogP contribution in [0.25, 0.3) is 0 Å². The lowest BCUT2D eigenvalue weighted by Gasteiger charge is -2.06. The van der Waals surface area contributed by atoms with Crippen LogP contribution in [0.3, 0.4) is 0 Å². The second kappa shape index (κ2) is 7.45. The molecule has 0 unspecified atom stereocenters. The van der Waals surface area contributed by atoms with Gasteiger partial charge in [-0.15, -0.1) is 0 Å². The molecule has 2 aromatic rings. The van der Waals surface area contributed by atoms with Crippen LogP contribution in [0.15, 0.2) is 43.0 Å². The van der Waals surface area contributed by atoms with Crippen molar-refractivity contribution >= 4 is 5.91 Å². The van der Waals surface area contributed by atoms with Crippen LogP contribution in [0.2, 0.25) is 0 Å². The Morgan fingerprint density at radius 2 is 2.10 bits per heavy atom. The fraction of sp³-hybridized carbons (Fsp3) is 0.333. The average molecular weight is 272 g/mol. The smallest absolute Gasteiger partial charge is 0.251 e. The van der Waals surface area contributed by atoms with E-state index < -0.39 is 0 Å². The zero-order chi connectivity index (χ0) is 14.2. The normalized spacial score (nSPS) is 10.4. The first-order chi connectivity index (χ1) is 9.79. The quantitative estimate of drug-likeness (QED) is 0.744. The predicted molar refractivity (Wildman–Crippen MR) is 78.4 cm³/mol. The van der Waals surface area contributed by atoms with Crippen LogP contribution in [0.4, 0.5) is 0 Å². The van der Waals surface area contributed by atoms with Gasteiger partial charge in [0.2, 0.25) is 0 Å². The van der Waals surface area contributed by atoms with E-state index in [1.54, 1.807) is 12.5 Å². The third-order valence-electron chi connectivity index (χ3n) is 3.09. The molecule has 1 aromatic carbocycles. The molecule has 106 valence electrons. The van der Waals surface area contributed by atoms with Gasteiger partial charge in [0.1, 0.15) is 0 Å². The summed E-state index contributed by atoms with van der Waals surface area (Å²) in [6.45, 7) is 2.14. The van der Waals surface area contributed by atoms with Crippen LogP contribution >= 0.6 is 0 Å². The minimum absolute atomic E-state index is 0.0325. The molecule has 0 bridgehead atoms. The monoisotopic (exact) mass is 272 g/mol. The standard InChI is InChI=1S/C15H20N4O/c16-7-6-13-2-4-14(5-3-13)15(20)18-8-1-10-19-11-9-17-12-19/h2-5,9,11-12H,1,6-8,10,16H2,(H,18,20). The lowest BCUT2D eigenvalue weighted by molar-refractivity contribution is 0.0952. The van der Waals surface area contributed by atoms with Crippen molar-refractivity contribution in [1.82, 2.24) is 14.9 Å². The van der Waals surface area contributed by atoms with Crippen LogP contribution in [0, 0.1) is 0 Å². The summed E-state index contributed by atoms with van der Waals surface area (Å²) in [6.07, 6.45) is 7.16. The molecule has 5 nitrogen and oxygen atoms in total. The van der Waals surface area contributed by atoms with Gasteiger partial charge in [-0.25, -0.2) is 4.98 Å². The van der Waals surface area contributed by atoms with E-state index in [1.165, 1.54) is 0 Å². The summed E-state index contributed by atoms with van der Waals surface area (Å²) in [5, 5.41) is 2.92. The third kappa shape index (κ3) is 4.20. The van der Waals surface area contributed by atoms with Gasteiger partial charge < -0.3 is 15.6 Å². The maximum absolute atomic E-state index is 11.9. The van der Waals surface area contributed by atoms with Crippen molar-refractivity contribution in [2.24, 2.45) is 5.73 Å². The molecule has 20 heavy (non-hydrogen) atoms. The Labute approximate surface area is 118 Å². The summed E-state index contributed by atoms with van der Waals surface area (Å²) >= 11 is 0. The minimum atomic E-state index is -0.0325. The largest absolute Gasteiger partial charge is 0.352 e. The molecule has 0 radical (unpaired) electrons. The third-order valence-corrected chi connectivity index (χ3v) is 3.09. The fourth-order valence-electron chi connectivity index (χ4n) is 1.97. The van der Waals surface area contributed by atoms with E-state index in [9.17, 15) is 4.79 Å². The van der Waals surface area contributed by atoms with Crippen molar-refractivity contribution in [2.75, 3.05) is 13.1 Å². The Kier molecular flexibility index (Phi) is 5.32. The highest BCUT2D eigenvalue weighted by molar-refractivity contribution is 5.94. The number of aryl methyl sites for hydroxylation is 1. The summed E-state index contributed by atoms with van der Waals surface area (Å²) in [5.41, 5.74) is 7.34. The van der Waals surface area contributed by atoms with Gasteiger partial charge in [-0.3, -0.25) is 4.79 Å². The van der Waals surface area contributed by atoms with E-state index in [0.29, 0.717) is 18.7 Å². The highest BCUT2D eigenvalue weighted by Gasteiger charge is 2.04. The topological polar surface area (TPSA) is 72.9 Å². The number of rotatable bonds is 7. The van der Waals surface area contributed by atoms with E-state index in [1.807, 2.05) is 35.0 Å². The summed E-state index contributed by atoms with van der Waals surface area (Å²) < 4.78 is 1.99. The van der Waals surface area contributed by atoms with Crippen molar-refractivity contribution in [3.8, 4) is 0 Å². The van der Waals surface area contributed by atoms with Gasteiger partial charge in [0, 0.05) is 31.0 Å². The van der Waals surface area contributed by atoms with Crippen LogP contribution < -0.4 is 11.1 Å². The SMILES string of the molecule is NCCc1ccc(C(=O)NCCCn2ccnc2)cc1. The number of amides is 1. The van der Waals surface area contributed by atoms with Gasteiger partial charge in [-0.2, -0.15) is 0 Å². The molecular formula is C15H20N4O. The Hall–Kier alpha value is -2.14. The first-order valence-corrected chi connectivity index (χ1v) is 6.82. The van der Waals surface area contributed by atoms with Crippen LogP contribution in [-0.4, -0.2) is 28.5 Å². The minimum Gasteiger partial charge on any atom is -0.352 e. The Morgan fingerprint density at radius 1 is 1.30 bits per heavy atom. The molecule has 0 atom stereocenters. The van der Waals surface area contributed by atoms with Gasteiger partial charge in [0.05, 0.1) is 6.33 Å². The van der Waals surface area contributed by atoms with Gasteiger partial charge in [0.15, 0.2) is 0 Å². The summed E-state index contributed by atoms with van der Waals surface area (Å²) in [7, 11) is 0. The number of nitrogens with two attached hydrogens (primary N) is 1. The molecule has 1 heterocycles. The van der Waals surface area contributed by atoms with Gasteiger partial charge in [-0.1, -0.05) is 12.1 Å². The number of hydrogen-bond acceptors (Lipinski definition) is 3. The van der Waals surface area contributed by atoms with Crippen molar-refractivity contribution in [2.45, 2.75) is 19.4 Å². The Balaban J connectivity index is 1.73. The molecule has 2 rings (SSSR count). The summed E-state index contributed by atoms with van der Waals surface area (Å²) in [5.74, 6) is -0.0325. The average Bonchev–Trinajstić information content (AvgIpc) is 2.98. The van der Waals surface area contributed by atoms with Gasteiger partial charge in [0.25, 0.3) is 5.91 Å². The molecule has 5 heteroatoms. The number of nitrogens with zero attached hydrogens (tertiary/aromatic N) is 2. The second-order valence-electron chi connectivity index (χ2n) is 4.65. The fourth-order valence-corrected chi connectivity index (χ4v) is 1.97. The van der Waals surface area contributed by atoms with Gasteiger partial charge >= 0.3 is 0 Å². The number of carbonyl (C=O) groups is 1. The highest BCUT2D eigenvalue weighted by Crippen LogP contribution is 2.04. The predicted octanol–water partition coefficient (Wildman–Crippen LogP) is 1.20. The van der Waals surface area contributed by atoms with E-state index >= 15 is 0 Å². The van der Waals surface area contributed by atoms with Crippen molar-refractivity contribution < 1.29 is 4.79 Å². The lowest BCUT2D eigenvalue weighted by atomic mass is 10.1. The van der Waals surface area contributed by atoms with E-state index in [0.717, 1.165) is 24.9 Å². The molecule has 0 saturated heterocycles. The highest BCUT2D eigenvalue weighted by atomic mass is 16.1. The molecule has 0 aliphatic carbocycles. The zero-order valence-corrected chi connectivity index (χ0v) is 11.5. The molecule has 1 amide bonds. The van der Waals surface area contributed by atoms with Crippen molar-refractivity contribution in [3.63, 3.8) is 0 Å². The molecule has 0 aliphatic heterocycles. The van der Waals surface area contributed by atoms with Crippen LogP contribution in [-0.2, 0) is 13.0 Å². The van der Waals surface area contributed by atoms with E-state index in [-0.39, 0.29) is 5.91 Å². The van der Waals surface area contributed by atoms with Crippen molar-refractivity contribution in [1.29, 1.82) is 0 Å². The van der Waals surface area contributed by atoms with Crippen LogP contribution in [0.1, 0.15) is 22.3 Å². The maximum atomic E-state index is 11.9. The lowest BCUT2D eigenvalue weighted by Crippen LogP contribution is -2.25. The number of benzene rings is 1.